The average Bonchev–Trinajstić information content (AvgIpc) is 3.60. The summed E-state index contributed by atoms with van der Waals surface area (Å²) < 4.78 is 31.6. The lowest BCUT2D eigenvalue weighted by atomic mass is 10.0. The molecule has 1 aliphatic rings. The van der Waals surface area contributed by atoms with E-state index in [4.69, 9.17) is 32.6 Å². The number of esters is 2. The van der Waals surface area contributed by atoms with Crippen molar-refractivity contribution in [3.8, 4) is 0 Å². The minimum absolute atomic E-state index is 0.0264. The number of rotatable bonds is 13. The van der Waals surface area contributed by atoms with E-state index in [0.717, 1.165) is 27.7 Å². The van der Waals surface area contributed by atoms with Crippen molar-refractivity contribution in [2.24, 2.45) is 0 Å². The van der Waals surface area contributed by atoms with Crippen molar-refractivity contribution in [1.82, 2.24) is 15.4 Å². The molecule has 15 nitrogen and oxygen atoms in total. The SMILES string of the molecule is CC(=O)O[C@H]1[C@H](C)O[C@@H](ONC(=O)/C=C/c2ccc(CN(CCc3c(C)[nH]c4ccccc34)C(=O)OCc3oc(=O)oc3C)cc2)C[C@@H]1OC(C)=O. The van der Waals surface area contributed by atoms with Gasteiger partial charge in [-0.25, -0.2) is 19.9 Å². The molecule has 1 aliphatic heterocycles. The molecule has 2 amide bonds. The first-order valence-electron chi connectivity index (χ1n) is 16.7. The molecule has 0 aliphatic carbocycles. The Balaban J connectivity index is 1.19. The Labute approximate surface area is 298 Å². The normalized spacial score (nSPS) is 18.6. The smallest absolute Gasteiger partial charge is 0.458 e. The molecule has 5 rings (SSSR count). The van der Waals surface area contributed by atoms with Crippen molar-refractivity contribution in [3.05, 3.63) is 99.1 Å². The number of aromatic amines is 1. The van der Waals surface area contributed by atoms with Crippen molar-refractivity contribution in [2.75, 3.05) is 6.54 Å². The van der Waals surface area contributed by atoms with Crippen LogP contribution in [0.3, 0.4) is 0 Å². The van der Waals surface area contributed by atoms with Crippen LogP contribution in [0, 0.1) is 13.8 Å². The number of hydroxylamine groups is 1. The maximum atomic E-state index is 13.3. The summed E-state index contributed by atoms with van der Waals surface area (Å²) in [5.41, 5.74) is 6.93. The van der Waals surface area contributed by atoms with Gasteiger partial charge in [0.2, 0.25) is 0 Å². The van der Waals surface area contributed by atoms with E-state index < -0.39 is 54.4 Å². The molecule has 4 atom stereocenters. The van der Waals surface area contributed by atoms with Gasteiger partial charge in [0.15, 0.2) is 30.5 Å². The van der Waals surface area contributed by atoms with Gasteiger partial charge in [-0.1, -0.05) is 42.5 Å². The number of para-hydroxylation sites is 1. The van der Waals surface area contributed by atoms with Crippen molar-refractivity contribution in [3.63, 3.8) is 0 Å². The fraction of sp³-hybridized carbons (Fsp3) is 0.378. The van der Waals surface area contributed by atoms with Gasteiger partial charge in [0.25, 0.3) is 5.91 Å². The van der Waals surface area contributed by atoms with Crippen LogP contribution in [0.4, 0.5) is 4.79 Å². The van der Waals surface area contributed by atoms with Crippen LogP contribution in [-0.2, 0) is 57.7 Å². The number of H-pyrrole nitrogens is 1. The van der Waals surface area contributed by atoms with Crippen LogP contribution in [0.5, 0.6) is 0 Å². The molecule has 2 aromatic carbocycles. The number of ether oxygens (including phenoxy) is 4. The van der Waals surface area contributed by atoms with Gasteiger partial charge < -0.3 is 37.7 Å². The zero-order chi connectivity index (χ0) is 37.4. The van der Waals surface area contributed by atoms with E-state index in [2.05, 4.69) is 10.5 Å². The number of aryl methyl sites for hydroxylation is 2. The van der Waals surface area contributed by atoms with Crippen LogP contribution in [-0.4, -0.2) is 65.0 Å². The summed E-state index contributed by atoms with van der Waals surface area (Å²) in [4.78, 5) is 70.8. The lowest BCUT2D eigenvalue weighted by Gasteiger charge is -2.38. The first-order chi connectivity index (χ1) is 24.9. The number of fused-ring (bicyclic) bond motifs is 1. The molecule has 2 aromatic heterocycles. The van der Waals surface area contributed by atoms with Crippen molar-refractivity contribution < 1.29 is 51.8 Å². The molecule has 1 saturated heterocycles. The molecular formula is C37H41N3O12. The maximum Gasteiger partial charge on any atom is 0.519 e. The Morgan fingerprint density at radius 2 is 1.73 bits per heavy atom. The van der Waals surface area contributed by atoms with Gasteiger partial charge in [0.05, 0.1) is 6.10 Å². The molecule has 0 bridgehead atoms. The Hall–Kier alpha value is -5.67. The highest BCUT2D eigenvalue weighted by molar-refractivity contribution is 5.91. The maximum absolute atomic E-state index is 13.3. The second kappa shape index (κ2) is 17.0. The number of hydrogen-bond acceptors (Lipinski definition) is 12. The molecule has 0 unspecified atom stereocenters. The first kappa shape index (κ1) is 37.6. The van der Waals surface area contributed by atoms with E-state index in [1.165, 1.54) is 19.9 Å². The van der Waals surface area contributed by atoms with Crippen LogP contribution in [0.1, 0.15) is 61.1 Å². The predicted octanol–water partition coefficient (Wildman–Crippen LogP) is 4.77. The largest absolute Gasteiger partial charge is 0.519 e. The third kappa shape index (κ3) is 9.98. The summed E-state index contributed by atoms with van der Waals surface area (Å²) in [5, 5.41) is 1.08. The molecule has 15 heteroatoms. The fourth-order valence-corrected chi connectivity index (χ4v) is 5.91. The fourth-order valence-electron chi connectivity index (χ4n) is 5.91. The van der Waals surface area contributed by atoms with E-state index >= 15 is 0 Å². The molecule has 52 heavy (non-hydrogen) atoms. The van der Waals surface area contributed by atoms with E-state index in [9.17, 15) is 24.0 Å². The van der Waals surface area contributed by atoms with Crippen LogP contribution in [0.25, 0.3) is 17.0 Å². The first-order valence-corrected chi connectivity index (χ1v) is 16.7. The Morgan fingerprint density at radius 3 is 2.42 bits per heavy atom. The molecular weight excluding hydrogens is 678 g/mol. The van der Waals surface area contributed by atoms with Gasteiger partial charge in [0, 0.05) is 56.0 Å². The lowest BCUT2D eigenvalue weighted by Crippen LogP contribution is -2.52. The Morgan fingerprint density at radius 1 is 1.00 bits per heavy atom. The average molecular weight is 720 g/mol. The monoisotopic (exact) mass is 719 g/mol. The molecule has 3 heterocycles. The third-order valence-corrected chi connectivity index (χ3v) is 8.39. The quantitative estimate of drug-likeness (QED) is 0.0835. The van der Waals surface area contributed by atoms with E-state index in [0.29, 0.717) is 18.5 Å². The van der Waals surface area contributed by atoms with Crippen LogP contribution in [0.2, 0.25) is 0 Å². The van der Waals surface area contributed by atoms with Crippen molar-refractivity contribution in [2.45, 2.75) is 85.2 Å². The summed E-state index contributed by atoms with van der Waals surface area (Å²) in [6.07, 6.45) is -0.427. The predicted molar refractivity (Wildman–Crippen MR) is 184 cm³/mol. The second-order valence-corrected chi connectivity index (χ2v) is 12.3. The Kier molecular flexibility index (Phi) is 12.3. The van der Waals surface area contributed by atoms with Gasteiger partial charge in [-0.05, 0) is 56.0 Å². The molecule has 0 saturated carbocycles. The molecule has 0 radical (unpaired) electrons. The zero-order valence-electron chi connectivity index (χ0n) is 29.5. The van der Waals surface area contributed by atoms with Gasteiger partial charge >= 0.3 is 23.9 Å². The molecule has 1 fully saturated rings. The summed E-state index contributed by atoms with van der Waals surface area (Å²) in [7, 11) is 0. The summed E-state index contributed by atoms with van der Waals surface area (Å²) >= 11 is 0. The standard InChI is InChI=1S/C37H41N3O12/c1-21-28(29-8-6-7-9-30(29)38-21)16-17-40(36(44)46-20-32-22(2)48-37(45)51-32)19-27-12-10-26(11-13-27)14-15-33(43)39-52-34-18-31(49-24(4)41)35(23(3)47-34)50-25(5)42/h6-15,23,31,34-35,38H,16-20H2,1-5H3,(H,39,43)/b15-14+/t23-,31-,34-,35-/m0/s1. The highest BCUT2D eigenvalue weighted by Gasteiger charge is 2.41. The van der Waals surface area contributed by atoms with E-state index in [-0.39, 0.29) is 31.1 Å². The van der Waals surface area contributed by atoms with E-state index in [1.54, 1.807) is 37.0 Å². The number of hydrogen-bond donors (Lipinski definition) is 2. The van der Waals surface area contributed by atoms with Gasteiger partial charge in [-0.15, -0.1) is 0 Å². The second-order valence-electron chi connectivity index (χ2n) is 12.3. The highest BCUT2D eigenvalue weighted by Crippen LogP contribution is 2.26. The summed E-state index contributed by atoms with van der Waals surface area (Å²) in [5.74, 6) is -2.17. The topological polar surface area (TPSA) is 189 Å². The van der Waals surface area contributed by atoms with Crippen molar-refractivity contribution >= 4 is 40.9 Å². The highest BCUT2D eigenvalue weighted by atomic mass is 16.8. The number of carbonyl (C=O) groups excluding carboxylic acids is 4. The van der Waals surface area contributed by atoms with Gasteiger partial charge in [0.1, 0.15) is 6.10 Å². The zero-order valence-corrected chi connectivity index (χ0v) is 29.5. The van der Waals surface area contributed by atoms with Crippen LogP contribution in [0.15, 0.2) is 68.2 Å². The number of benzene rings is 2. The number of nitrogens with one attached hydrogen (secondary N) is 2. The summed E-state index contributed by atoms with van der Waals surface area (Å²) in [6, 6.07) is 15.2. The minimum Gasteiger partial charge on any atom is -0.458 e. The lowest BCUT2D eigenvalue weighted by molar-refractivity contribution is -0.268. The number of carbonyl (C=O) groups is 4. The third-order valence-electron chi connectivity index (χ3n) is 8.39. The minimum atomic E-state index is -0.959. The number of nitrogens with zero attached hydrogens (tertiary/aromatic N) is 1. The Bertz CT molecular complexity index is 1970. The molecule has 2 N–H and O–H groups in total. The number of aromatic nitrogens is 1. The van der Waals surface area contributed by atoms with Crippen LogP contribution >= 0.6 is 0 Å². The van der Waals surface area contributed by atoms with Crippen molar-refractivity contribution in [1.29, 1.82) is 0 Å². The van der Waals surface area contributed by atoms with Gasteiger partial charge in [-0.3, -0.25) is 14.4 Å². The molecule has 4 aromatic rings. The van der Waals surface area contributed by atoms with Crippen LogP contribution < -0.4 is 11.3 Å². The number of amides is 2. The molecule has 0 spiro atoms. The summed E-state index contributed by atoms with van der Waals surface area (Å²) in [6.45, 7) is 7.97. The van der Waals surface area contributed by atoms with Gasteiger partial charge in [-0.2, -0.15) is 0 Å². The van der Waals surface area contributed by atoms with E-state index in [1.807, 2.05) is 43.3 Å². The molecule has 276 valence electrons.